The Morgan fingerprint density at radius 2 is 2.27 bits per heavy atom. The van der Waals surface area contributed by atoms with E-state index in [1.54, 1.807) is 12.1 Å². The summed E-state index contributed by atoms with van der Waals surface area (Å²) in [5.41, 5.74) is 1.15. The number of aromatic carboxylic acids is 1. The zero-order valence-corrected chi connectivity index (χ0v) is 8.84. The number of fused-ring (bicyclic) bond motifs is 1. The van der Waals surface area contributed by atoms with Crippen LogP contribution in [0.15, 0.2) is 22.6 Å². The number of hydrogen-bond acceptors (Lipinski definition) is 2. The van der Waals surface area contributed by atoms with Gasteiger partial charge in [-0.1, -0.05) is 30.7 Å². The Morgan fingerprint density at radius 1 is 1.53 bits per heavy atom. The normalized spacial score (nSPS) is 10.8. The molecule has 0 fully saturated rings. The van der Waals surface area contributed by atoms with E-state index >= 15 is 0 Å². The summed E-state index contributed by atoms with van der Waals surface area (Å²) in [7, 11) is 0. The SMILES string of the molecule is CCc1c(C(=O)O)oc2c(Cl)cccc12. The van der Waals surface area contributed by atoms with Gasteiger partial charge in [-0.3, -0.25) is 0 Å². The van der Waals surface area contributed by atoms with Crippen molar-refractivity contribution in [3.05, 3.63) is 34.5 Å². The quantitative estimate of drug-likeness (QED) is 0.851. The zero-order valence-electron chi connectivity index (χ0n) is 8.08. The lowest BCUT2D eigenvalue weighted by atomic mass is 10.1. The van der Waals surface area contributed by atoms with Gasteiger partial charge in [-0.15, -0.1) is 0 Å². The van der Waals surface area contributed by atoms with Crippen LogP contribution in [0.1, 0.15) is 23.0 Å². The van der Waals surface area contributed by atoms with Gasteiger partial charge in [0.05, 0.1) is 5.02 Å². The molecule has 1 N–H and O–H groups in total. The van der Waals surface area contributed by atoms with E-state index in [-0.39, 0.29) is 5.76 Å². The third-order valence-corrected chi connectivity index (χ3v) is 2.62. The molecule has 3 nitrogen and oxygen atoms in total. The molecule has 0 spiro atoms. The van der Waals surface area contributed by atoms with Crippen molar-refractivity contribution in [3.63, 3.8) is 0 Å². The highest BCUT2D eigenvalue weighted by atomic mass is 35.5. The number of aryl methyl sites for hydroxylation is 1. The van der Waals surface area contributed by atoms with Crippen LogP contribution in [-0.4, -0.2) is 11.1 Å². The number of rotatable bonds is 2. The molecule has 2 rings (SSSR count). The van der Waals surface area contributed by atoms with Gasteiger partial charge in [-0.25, -0.2) is 4.79 Å². The second kappa shape index (κ2) is 3.59. The van der Waals surface area contributed by atoms with Crippen LogP contribution in [0, 0.1) is 0 Å². The fourth-order valence-corrected chi connectivity index (χ4v) is 1.87. The number of hydrogen-bond donors (Lipinski definition) is 1. The highest BCUT2D eigenvalue weighted by Gasteiger charge is 2.19. The summed E-state index contributed by atoms with van der Waals surface area (Å²) in [6, 6.07) is 5.28. The first-order chi connectivity index (χ1) is 7.15. The molecule has 4 heteroatoms. The topological polar surface area (TPSA) is 50.4 Å². The summed E-state index contributed by atoms with van der Waals surface area (Å²) in [6.45, 7) is 1.89. The average molecular weight is 225 g/mol. The van der Waals surface area contributed by atoms with Crippen molar-refractivity contribution in [3.8, 4) is 0 Å². The number of halogens is 1. The lowest BCUT2D eigenvalue weighted by molar-refractivity contribution is 0.0663. The molecule has 78 valence electrons. The van der Waals surface area contributed by atoms with Crippen LogP contribution < -0.4 is 0 Å². The van der Waals surface area contributed by atoms with Gasteiger partial charge in [-0.05, 0) is 12.5 Å². The Hall–Kier alpha value is -1.48. The van der Waals surface area contributed by atoms with Crippen LogP contribution in [0.2, 0.25) is 5.02 Å². The van der Waals surface area contributed by atoms with Crippen LogP contribution in [0.25, 0.3) is 11.0 Å². The lowest BCUT2D eigenvalue weighted by Crippen LogP contribution is -1.97. The molecule has 1 heterocycles. The van der Waals surface area contributed by atoms with E-state index < -0.39 is 5.97 Å². The van der Waals surface area contributed by atoms with Crippen molar-refractivity contribution in [2.75, 3.05) is 0 Å². The zero-order chi connectivity index (χ0) is 11.0. The van der Waals surface area contributed by atoms with Gasteiger partial charge < -0.3 is 9.52 Å². The van der Waals surface area contributed by atoms with Crippen LogP contribution in [0.4, 0.5) is 0 Å². The molecular weight excluding hydrogens is 216 g/mol. The Bertz CT molecular complexity index is 528. The third-order valence-electron chi connectivity index (χ3n) is 2.32. The Kier molecular flexibility index (Phi) is 2.40. The van der Waals surface area contributed by atoms with E-state index in [0.717, 1.165) is 5.39 Å². The van der Waals surface area contributed by atoms with E-state index in [1.165, 1.54) is 0 Å². The van der Waals surface area contributed by atoms with E-state index in [2.05, 4.69) is 0 Å². The highest BCUT2D eigenvalue weighted by molar-refractivity contribution is 6.35. The number of benzene rings is 1. The van der Waals surface area contributed by atoms with Crippen molar-refractivity contribution in [2.24, 2.45) is 0 Å². The van der Waals surface area contributed by atoms with Gasteiger partial charge in [0.2, 0.25) is 5.76 Å². The molecule has 0 saturated carbocycles. The minimum Gasteiger partial charge on any atom is -0.475 e. The van der Waals surface area contributed by atoms with Gasteiger partial charge in [0.15, 0.2) is 5.58 Å². The smallest absolute Gasteiger partial charge is 0.372 e. The fraction of sp³-hybridized carbons (Fsp3) is 0.182. The first-order valence-corrected chi connectivity index (χ1v) is 4.96. The minimum absolute atomic E-state index is 0.0133. The van der Waals surface area contributed by atoms with E-state index in [1.807, 2.05) is 13.0 Å². The Balaban J connectivity index is 2.84. The molecule has 0 amide bonds. The van der Waals surface area contributed by atoms with E-state index in [0.29, 0.717) is 22.6 Å². The maximum Gasteiger partial charge on any atom is 0.372 e. The van der Waals surface area contributed by atoms with Gasteiger partial charge in [-0.2, -0.15) is 0 Å². The predicted molar refractivity (Wildman–Crippen MR) is 57.6 cm³/mol. The second-order valence-corrected chi connectivity index (χ2v) is 3.59. The third kappa shape index (κ3) is 1.49. The summed E-state index contributed by atoms with van der Waals surface area (Å²) in [5.74, 6) is -1.07. The molecule has 0 radical (unpaired) electrons. The van der Waals surface area contributed by atoms with Crippen LogP contribution in [-0.2, 0) is 6.42 Å². The molecule has 0 aliphatic heterocycles. The van der Waals surface area contributed by atoms with Crippen LogP contribution >= 0.6 is 11.6 Å². The Morgan fingerprint density at radius 3 is 2.87 bits per heavy atom. The molecule has 1 aromatic heterocycles. The summed E-state index contributed by atoms with van der Waals surface area (Å²) >= 11 is 5.92. The first kappa shape index (κ1) is 10.1. The van der Waals surface area contributed by atoms with Gasteiger partial charge in [0.1, 0.15) is 0 Å². The van der Waals surface area contributed by atoms with Gasteiger partial charge in [0, 0.05) is 10.9 Å². The first-order valence-electron chi connectivity index (χ1n) is 4.58. The summed E-state index contributed by atoms with van der Waals surface area (Å²) in [5, 5.41) is 10.2. The maximum absolute atomic E-state index is 10.9. The summed E-state index contributed by atoms with van der Waals surface area (Å²) in [4.78, 5) is 10.9. The fourth-order valence-electron chi connectivity index (χ4n) is 1.66. The molecule has 0 saturated heterocycles. The molecular formula is C11H9ClO3. The number of carboxylic acids is 1. The largest absolute Gasteiger partial charge is 0.475 e. The van der Waals surface area contributed by atoms with Gasteiger partial charge >= 0.3 is 5.97 Å². The monoisotopic (exact) mass is 224 g/mol. The number of para-hydroxylation sites is 1. The summed E-state index contributed by atoms with van der Waals surface area (Å²) in [6.07, 6.45) is 0.606. The molecule has 0 unspecified atom stereocenters. The lowest BCUT2D eigenvalue weighted by Gasteiger charge is -1.93. The highest BCUT2D eigenvalue weighted by Crippen LogP contribution is 2.31. The standard InChI is InChI=1S/C11H9ClO3/c1-2-6-7-4-3-5-8(12)9(7)15-10(6)11(13)14/h3-5H,2H2,1H3,(H,13,14). The minimum atomic E-state index is -1.06. The molecule has 0 bridgehead atoms. The Labute approximate surface area is 91.3 Å². The van der Waals surface area contributed by atoms with Gasteiger partial charge in [0.25, 0.3) is 0 Å². The van der Waals surface area contributed by atoms with Crippen molar-refractivity contribution in [1.82, 2.24) is 0 Å². The number of carboxylic acid groups (broad SMARTS) is 1. The molecule has 0 aliphatic carbocycles. The average Bonchev–Trinajstić information content (AvgIpc) is 2.57. The number of carbonyl (C=O) groups is 1. The summed E-state index contributed by atoms with van der Waals surface area (Å²) < 4.78 is 5.25. The molecule has 1 aromatic carbocycles. The second-order valence-electron chi connectivity index (χ2n) is 3.18. The van der Waals surface area contributed by atoms with Crippen molar-refractivity contribution >= 4 is 28.5 Å². The van der Waals surface area contributed by atoms with Crippen molar-refractivity contribution in [1.29, 1.82) is 0 Å². The van der Waals surface area contributed by atoms with E-state index in [4.69, 9.17) is 21.1 Å². The molecule has 0 atom stereocenters. The van der Waals surface area contributed by atoms with Crippen molar-refractivity contribution < 1.29 is 14.3 Å². The van der Waals surface area contributed by atoms with Crippen molar-refractivity contribution in [2.45, 2.75) is 13.3 Å². The molecule has 2 aromatic rings. The molecule has 0 aliphatic rings. The van der Waals surface area contributed by atoms with Crippen LogP contribution in [0.3, 0.4) is 0 Å². The maximum atomic E-state index is 10.9. The van der Waals surface area contributed by atoms with Crippen LogP contribution in [0.5, 0.6) is 0 Å². The van der Waals surface area contributed by atoms with E-state index in [9.17, 15) is 4.79 Å². The molecule has 15 heavy (non-hydrogen) atoms. The number of furan rings is 1. The predicted octanol–water partition coefficient (Wildman–Crippen LogP) is 3.35.